The monoisotopic (exact) mass is 328 g/mol. The van der Waals surface area contributed by atoms with Gasteiger partial charge < -0.3 is 9.79 Å². The van der Waals surface area contributed by atoms with Gasteiger partial charge in [0, 0.05) is 6.42 Å². The first-order chi connectivity index (χ1) is 7.96. The van der Waals surface area contributed by atoms with Gasteiger partial charge in [-0.2, -0.15) is 39.5 Å². The van der Waals surface area contributed by atoms with Crippen LogP contribution in [0, 0.1) is 0 Å². The topological polar surface area (TPSA) is 57.5 Å². The summed E-state index contributed by atoms with van der Waals surface area (Å²) in [5.74, 6) is -19.8. The quantitative estimate of drug-likeness (QED) is 0.602. The number of halogens is 9. The number of alkyl halides is 9. The van der Waals surface area contributed by atoms with E-state index in [0.717, 1.165) is 0 Å². The van der Waals surface area contributed by atoms with Crippen LogP contribution in [0.2, 0.25) is 0 Å². The summed E-state index contributed by atoms with van der Waals surface area (Å²) in [5, 5.41) is 0. The van der Waals surface area contributed by atoms with Crippen molar-refractivity contribution >= 4 is 7.60 Å². The first-order valence-corrected chi connectivity index (χ1v) is 6.00. The lowest BCUT2D eigenvalue weighted by Gasteiger charge is -2.33. The highest BCUT2D eigenvalue weighted by Crippen LogP contribution is 2.55. The van der Waals surface area contributed by atoms with Gasteiger partial charge in [0.25, 0.3) is 0 Å². The highest BCUT2D eigenvalue weighted by atomic mass is 31.2. The minimum Gasteiger partial charge on any atom is -0.324 e. The molecule has 0 aromatic heterocycles. The van der Waals surface area contributed by atoms with Crippen LogP contribution in [0.4, 0.5) is 39.5 Å². The van der Waals surface area contributed by atoms with E-state index in [2.05, 4.69) is 0 Å². The summed E-state index contributed by atoms with van der Waals surface area (Å²) in [6, 6.07) is 0. The molecule has 0 rings (SSSR count). The summed E-state index contributed by atoms with van der Waals surface area (Å²) in [6.45, 7) is 0. The summed E-state index contributed by atoms with van der Waals surface area (Å²) in [4.78, 5) is 16.3. The van der Waals surface area contributed by atoms with Crippen LogP contribution in [-0.4, -0.2) is 39.9 Å². The van der Waals surface area contributed by atoms with Crippen molar-refractivity contribution in [3.8, 4) is 0 Å². The largest absolute Gasteiger partial charge is 0.460 e. The van der Waals surface area contributed by atoms with Crippen molar-refractivity contribution in [2.24, 2.45) is 0 Å². The maximum Gasteiger partial charge on any atom is 0.460 e. The molecule has 0 saturated carbocycles. The minimum absolute atomic E-state index is 1.97. The molecule has 0 atom stereocenters. The fourth-order valence-corrected chi connectivity index (χ4v) is 1.42. The molecule has 13 heteroatoms. The number of hydrogen-bond donors (Lipinski definition) is 2. The van der Waals surface area contributed by atoms with E-state index in [0.29, 0.717) is 0 Å². The zero-order chi connectivity index (χ0) is 15.9. The third-order valence-electron chi connectivity index (χ3n) is 1.93. The van der Waals surface area contributed by atoms with Crippen molar-refractivity contribution in [1.29, 1.82) is 0 Å². The summed E-state index contributed by atoms with van der Waals surface area (Å²) in [5.41, 5.74) is 0. The molecule has 19 heavy (non-hydrogen) atoms. The molecule has 3 nitrogen and oxygen atoms in total. The molecule has 0 saturated heterocycles. The molecular weight excluding hydrogens is 322 g/mol. The molecule has 0 amide bonds. The Hall–Kier alpha value is -0.480. The summed E-state index contributed by atoms with van der Waals surface area (Å²) in [6.07, 6.45) is -11.4. The maximum atomic E-state index is 12.7. The van der Waals surface area contributed by atoms with Crippen LogP contribution in [0.15, 0.2) is 0 Å². The first kappa shape index (κ1) is 18.5. The molecule has 0 heterocycles. The van der Waals surface area contributed by atoms with E-state index in [1.807, 2.05) is 0 Å². The van der Waals surface area contributed by atoms with E-state index in [4.69, 9.17) is 9.79 Å². The van der Waals surface area contributed by atoms with Gasteiger partial charge in [-0.3, -0.25) is 4.57 Å². The van der Waals surface area contributed by atoms with Crippen LogP contribution >= 0.6 is 7.60 Å². The Bertz CT molecular complexity index is 371. The lowest BCUT2D eigenvalue weighted by molar-refractivity contribution is -0.396. The second-order valence-electron chi connectivity index (χ2n) is 3.49. The number of hydrogen-bond acceptors (Lipinski definition) is 1. The SMILES string of the molecule is O=P(O)(O)CCC(F)(F)C(F)(F)C(F)(F)C(F)(F)F. The van der Waals surface area contributed by atoms with E-state index in [1.165, 1.54) is 0 Å². The molecule has 0 radical (unpaired) electrons. The second-order valence-corrected chi connectivity index (χ2v) is 5.27. The molecule has 0 aliphatic rings. The molecular formula is C6H6F9O3P. The Labute approximate surface area is 99.1 Å². The molecule has 0 aliphatic carbocycles. The van der Waals surface area contributed by atoms with Gasteiger partial charge in [0.05, 0.1) is 6.16 Å². The van der Waals surface area contributed by atoms with Crippen LogP contribution in [0.1, 0.15) is 6.42 Å². The van der Waals surface area contributed by atoms with Crippen molar-refractivity contribution in [1.82, 2.24) is 0 Å². The lowest BCUT2D eigenvalue weighted by Crippen LogP contribution is -2.61. The third kappa shape index (κ3) is 3.76. The fourth-order valence-electron chi connectivity index (χ4n) is 0.851. The van der Waals surface area contributed by atoms with Crippen molar-refractivity contribution in [2.45, 2.75) is 30.4 Å². The van der Waals surface area contributed by atoms with Gasteiger partial charge >= 0.3 is 31.5 Å². The van der Waals surface area contributed by atoms with E-state index in [9.17, 15) is 44.1 Å². The molecule has 0 bridgehead atoms. The highest BCUT2D eigenvalue weighted by Gasteiger charge is 2.81. The standard InChI is InChI=1S/C6H6F9O3P/c7-3(8,1-2-19(16,17)18)4(9,10)5(11,12)6(13,14)15/h1-2H2,(H2,16,17,18). The van der Waals surface area contributed by atoms with Crippen LogP contribution in [-0.2, 0) is 4.57 Å². The van der Waals surface area contributed by atoms with Crippen LogP contribution < -0.4 is 0 Å². The maximum absolute atomic E-state index is 12.7. The number of rotatable bonds is 5. The summed E-state index contributed by atoms with van der Waals surface area (Å²) in [7, 11) is -5.26. The van der Waals surface area contributed by atoms with Gasteiger partial charge in [-0.05, 0) is 0 Å². The summed E-state index contributed by atoms with van der Waals surface area (Å²) >= 11 is 0. The highest BCUT2D eigenvalue weighted by molar-refractivity contribution is 7.51. The third-order valence-corrected chi connectivity index (χ3v) is 2.73. The average molecular weight is 328 g/mol. The van der Waals surface area contributed by atoms with Gasteiger partial charge in [-0.1, -0.05) is 0 Å². The van der Waals surface area contributed by atoms with Gasteiger partial charge in [0.2, 0.25) is 0 Å². The molecule has 0 spiro atoms. The molecule has 0 unspecified atom stereocenters. The van der Waals surface area contributed by atoms with Crippen LogP contribution in [0.25, 0.3) is 0 Å². The Morgan fingerprint density at radius 1 is 0.789 bits per heavy atom. The molecule has 2 N–H and O–H groups in total. The first-order valence-electron chi connectivity index (χ1n) is 4.20. The molecule has 0 aromatic carbocycles. The average Bonchev–Trinajstić information content (AvgIpc) is 2.11. The van der Waals surface area contributed by atoms with E-state index in [1.54, 1.807) is 0 Å². The van der Waals surface area contributed by atoms with Gasteiger partial charge in [-0.15, -0.1) is 0 Å². The zero-order valence-electron chi connectivity index (χ0n) is 8.57. The fraction of sp³-hybridized carbons (Fsp3) is 1.00. The van der Waals surface area contributed by atoms with Crippen molar-refractivity contribution in [3.05, 3.63) is 0 Å². The van der Waals surface area contributed by atoms with Crippen molar-refractivity contribution < 1.29 is 53.9 Å². The molecule has 0 fully saturated rings. The smallest absolute Gasteiger partial charge is 0.324 e. The Kier molecular flexibility index (Phi) is 4.69. The van der Waals surface area contributed by atoms with Gasteiger partial charge in [0.15, 0.2) is 0 Å². The van der Waals surface area contributed by atoms with Crippen molar-refractivity contribution in [3.63, 3.8) is 0 Å². The van der Waals surface area contributed by atoms with Gasteiger partial charge in [-0.25, -0.2) is 0 Å². The van der Waals surface area contributed by atoms with E-state index < -0.39 is 44.1 Å². The predicted molar refractivity (Wildman–Crippen MR) is 42.4 cm³/mol. The molecule has 0 aromatic rings. The normalized spacial score (nSPS) is 15.7. The Morgan fingerprint density at radius 3 is 1.42 bits per heavy atom. The predicted octanol–water partition coefficient (Wildman–Crippen LogP) is 3.02. The minimum atomic E-state index is -7.04. The molecule has 116 valence electrons. The van der Waals surface area contributed by atoms with E-state index >= 15 is 0 Å². The summed E-state index contributed by atoms with van der Waals surface area (Å²) < 4.78 is 120. The van der Waals surface area contributed by atoms with Gasteiger partial charge in [0.1, 0.15) is 0 Å². The lowest BCUT2D eigenvalue weighted by atomic mass is 10.0. The van der Waals surface area contributed by atoms with Crippen LogP contribution in [0.3, 0.4) is 0 Å². The van der Waals surface area contributed by atoms with Crippen LogP contribution in [0.5, 0.6) is 0 Å². The Balaban J connectivity index is 5.34. The van der Waals surface area contributed by atoms with Crippen molar-refractivity contribution in [2.75, 3.05) is 6.16 Å². The Morgan fingerprint density at radius 2 is 1.16 bits per heavy atom. The molecule has 0 aliphatic heterocycles. The van der Waals surface area contributed by atoms with E-state index in [-0.39, 0.29) is 0 Å². The second kappa shape index (κ2) is 4.81. The zero-order valence-corrected chi connectivity index (χ0v) is 9.46.